The first kappa shape index (κ1) is 16.4. The van der Waals surface area contributed by atoms with Gasteiger partial charge in [-0.25, -0.2) is 8.42 Å². The normalized spacial score (nSPS) is 25.9. The third kappa shape index (κ3) is 3.11. The second-order valence-electron chi connectivity index (χ2n) is 6.21. The molecule has 2 atom stereocenters. The Morgan fingerprint density at radius 3 is 2.83 bits per heavy atom. The fraction of sp³-hybridized carbons (Fsp3) is 0.600. The minimum atomic E-state index is -3.35. The lowest BCUT2D eigenvalue weighted by atomic mass is 10.1. The van der Waals surface area contributed by atoms with E-state index in [1.807, 2.05) is 12.1 Å². The van der Waals surface area contributed by atoms with Crippen LogP contribution in [0.1, 0.15) is 19.4 Å². The zero-order valence-corrected chi connectivity index (χ0v) is 14.1. The Labute approximate surface area is 136 Å². The van der Waals surface area contributed by atoms with Crippen molar-refractivity contribution in [3.8, 4) is 0 Å². The third-order valence-electron chi connectivity index (χ3n) is 4.38. The smallest absolute Gasteiger partial charge is 0.249 e. The Hall–Kier alpha value is -1.51. The SMILES string of the molecule is CC(C)S(=O)(=O)N1C[C@@H]2OCC(=O)N(Cc3cccnc3)[C@@H]2C1. The highest BCUT2D eigenvalue weighted by Gasteiger charge is 2.47. The molecule has 0 spiro atoms. The number of aromatic nitrogens is 1. The lowest BCUT2D eigenvalue weighted by molar-refractivity contribution is -0.153. The van der Waals surface area contributed by atoms with Gasteiger partial charge in [-0.1, -0.05) is 6.07 Å². The Bertz CT molecular complexity index is 677. The standard InChI is InChI=1S/C15H21N3O4S/c1-11(2)23(20,21)17-8-13-14(9-17)22-10-15(19)18(13)7-12-4-3-5-16-6-12/h3-6,11,13-14H,7-10H2,1-2H3/t13-,14+/m1/s1. The number of nitrogens with zero attached hydrogens (tertiary/aromatic N) is 3. The van der Waals surface area contributed by atoms with E-state index in [1.54, 1.807) is 31.1 Å². The minimum absolute atomic E-state index is 0.00298. The summed E-state index contributed by atoms with van der Waals surface area (Å²) in [7, 11) is -3.35. The van der Waals surface area contributed by atoms with E-state index >= 15 is 0 Å². The van der Waals surface area contributed by atoms with Crippen molar-refractivity contribution >= 4 is 15.9 Å². The molecule has 2 fully saturated rings. The van der Waals surface area contributed by atoms with Crippen LogP contribution in [0.5, 0.6) is 0 Å². The third-order valence-corrected chi connectivity index (χ3v) is 6.59. The van der Waals surface area contributed by atoms with Crippen LogP contribution in [0.15, 0.2) is 24.5 Å². The molecule has 3 heterocycles. The first-order chi connectivity index (χ1) is 10.9. The molecule has 3 rings (SSSR count). The second kappa shape index (κ2) is 6.18. The van der Waals surface area contributed by atoms with Gasteiger partial charge in [0.1, 0.15) is 6.61 Å². The van der Waals surface area contributed by atoms with E-state index < -0.39 is 15.3 Å². The lowest BCUT2D eigenvalue weighted by Crippen LogP contribution is -2.53. The first-order valence-electron chi connectivity index (χ1n) is 7.68. The van der Waals surface area contributed by atoms with E-state index in [2.05, 4.69) is 4.98 Å². The van der Waals surface area contributed by atoms with Crippen molar-refractivity contribution < 1.29 is 17.9 Å². The highest BCUT2D eigenvalue weighted by molar-refractivity contribution is 7.89. The van der Waals surface area contributed by atoms with Crippen molar-refractivity contribution in [2.24, 2.45) is 0 Å². The zero-order chi connectivity index (χ0) is 16.6. The van der Waals surface area contributed by atoms with E-state index in [1.165, 1.54) is 4.31 Å². The van der Waals surface area contributed by atoms with Crippen molar-refractivity contribution in [3.05, 3.63) is 30.1 Å². The minimum Gasteiger partial charge on any atom is -0.365 e. The summed E-state index contributed by atoms with van der Waals surface area (Å²) >= 11 is 0. The Kier molecular flexibility index (Phi) is 4.39. The number of fused-ring (bicyclic) bond motifs is 1. The number of sulfonamides is 1. The predicted octanol–water partition coefficient (Wildman–Crippen LogP) is 0.231. The molecule has 0 saturated carbocycles. The quantitative estimate of drug-likeness (QED) is 0.785. The number of morpholine rings is 1. The second-order valence-corrected chi connectivity index (χ2v) is 8.70. The van der Waals surface area contributed by atoms with Crippen LogP contribution < -0.4 is 0 Å². The molecule has 2 aliphatic heterocycles. The summed E-state index contributed by atoms with van der Waals surface area (Å²) in [4.78, 5) is 18.0. The molecule has 0 radical (unpaired) electrons. The number of pyridine rings is 1. The number of hydrogen-bond acceptors (Lipinski definition) is 5. The monoisotopic (exact) mass is 339 g/mol. The molecule has 0 aromatic carbocycles. The van der Waals surface area contributed by atoms with Crippen LogP contribution in [0.3, 0.4) is 0 Å². The fourth-order valence-electron chi connectivity index (χ4n) is 3.03. The maximum absolute atomic E-state index is 12.4. The van der Waals surface area contributed by atoms with Gasteiger partial charge in [0.15, 0.2) is 0 Å². The molecule has 1 aromatic rings. The van der Waals surface area contributed by atoms with Crippen molar-refractivity contribution in [1.82, 2.24) is 14.2 Å². The number of rotatable bonds is 4. The highest BCUT2D eigenvalue weighted by Crippen LogP contribution is 2.28. The molecule has 0 bridgehead atoms. The van der Waals surface area contributed by atoms with Crippen molar-refractivity contribution in [2.75, 3.05) is 19.7 Å². The Morgan fingerprint density at radius 2 is 2.17 bits per heavy atom. The van der Waals surface area contributed by atoms with Gasteiger partial charge in [-0.15, -0.1) is 0 Å². The number of hydrogen-bond donors (Lipinski definition) is 0. The van der Waals surface area contributed by atoms with Gasteiger partial charge < -0.3 is 9.64 Å². The predicted molar refractivity (Wildman–Crippen MR) is 83.9 cm³/mol. The molecule has 126 valence electrons. The Morgan fingerprint density at radius 1 is 1.39 bits per heavy atom. The molecule has 1 amide bonds. The molecule has 0 aliphatic carbocycles. The van der Waals surface area contributed by atoms with Gasteiger partial charge in [-0.05, 0) is 25.5 Å². The summed E-state index contributed by atoms with van der Waals surface area (Å²) in [5.41, 5.74) is 0.923. The van der Waals surface area contributed by atoms with Crippen molar-refractivity contribution in [2.45, 2.75) is 37.8 Å². The van der Waals surface area contributed by atoms with Gasteiger partial charge >= 0.3 is 0 Å². The largest absolute Gasteiger partial charge is 0.365 e. The Balaban J connectivity index is 1.80. The van der Waals surface area contributed by atoms with Crippen LogP contribution in [-0.4, -0.2) is 65.6 Å². The topological polar surface area (TPSA) is 79.8 Å². The number of carbonyl (C=O) groups is 1. The van der Waals surface area contributed by atoms with Gasteiger partial charge in [-0.2, -0.15) is 4.31 Å². The maximum Gasteiger partial charge on any atom is 0.249 e. The summed E-state index contributed by atoms with van der Waals surface area (Å²) in [5, 5.41) is -0.481. The van der Waals surface area contributed by atoms with Crippen LogP contribution in [0.4, 0.5) is 0 Å². The van der Waals surface area contributed by atoms with Gasteiger partial charge in [0.25, 0.3) is 0 Å². The van der Waals surface area contributed by atoms with Crippen LogP contribution in [-0.2, 0) is 26.1 Å². The summed E-state index contributed by atoms with van der Waals surface area (Å²) < 4.78 is 31.8. The molecule has 8 heteroatoms. The first-order valence-corrected chi connectivity index (χ1v) is 9.19. The molecule has 1 aromatic heterocycles. The molecule has 7 nitrogen and oxygen atoms in total. The summed E-state index contributed by atoms with van der Waals surface area (Å²) in [6.07, 6.45) is 3.13. The fourth-order valence-corrected chi connectivity index (χ4v) is 4.34. The van der Waals surface area contributed by atoms with E-state index in [0.29, 0.717) is 13.1 Å². The highest BCUT2D eigenvalue weighted by atomic mass is 32.2. The van der Waals surface area contributed by atoms with Crippen LogP contribution >= 0.6 is 0 Å². The molecule has 23 heavy (non-hydrogen) atoms. The van der Waals surface area contributed by atoms with Crippen LogP contribution in [0.25, 0.3) is 0 Å². The average molecular weight is 339 g/mol. The molecular weight excluding hydrogens is 318 g/mol. The van der Waals surface area contributed by atoms with Gasteiger partial charge in [0, 0.05) is 32.0 Å². The summed E-state index contributed by atoms with van der Waals surface area (Å²) in [6, 6.07) is 3.48. The van der Waals surface area contributed by atoms with Crippen LogP contribution in [0, 0.1) is 0 Å². The van der Waals surface area contributed by atoms with E-state index in [9.17, 15) is 13.2 Å². The van der Waals surface area contributed by atoms with Crippen LogP contribution in [0.2, 0.25) is 0 Å². The van der Waals surface area contributed by atoms with E-state index in [-0.39, 0.29) is 31.2 Å². The number of ether oxygens (including phenoxy) is 1. The van der Waals surface area contributed by atoms with Gasteiger partial charge in [0.2, 0.25) is 15.9 Å². The maximum atomic E-state index is 12.4. The molecule has 0 N–H and O–H groups in total. The number of amides is 1. The molecule has 2 saturated heterocycles. The summed E-state index contributed by atoms with van der Waals surface area (Å²) in [6.45, 7) is 4.34. The van der Waals surface area contributed by atoms with Gasteiger partial charge in [0.05, 0.1) is 17.4 Å². The lowest BCUT2D eigenvalue weighted by Gasteiger charge is -2.36. The zero-order valence-electron chi connectivity index (χ0n) is 13.3. The van der Waals surface area contributed by atoms with Crippen molar-refractivity contribution in [3.63, 3.8) is 0 Å². The number of carbonyl (C=O) groups excluding carboxylic acids is 1. The molecule has 0 unspecified atom stereocenters. The molecule has 2 aliphatic rings. The molecular formula is C15H21N3O4S. The summed E-state index contributed by atoms with van der Waals surface area (Å²) in [5.74, 6) is -0.112. The van der Waals surface area contributed by atoms with Gasteiger partial charge in [-0.3, -0.25) is 9.78 Å². The van der Waals surface area contributed by atoms with E-state index in [4.69, 9.17) is 4.74 Å². The van der Waals surface area contributed by atoms with Crippen molar-refractivity contribution in [1.29, 1.82) is 0 Å². The average Bonchev–Trinajstić information content (AvgIpc) is 2.96. The van der Waals surface area contributed by atoms with E-state index in [0.717, 1.165) is 5.56 Å².